The molecule has 8 rings (SSSR count). The fraction of sp³-hybridized carbons (Fsp3) is 0.439. The molecule has 0 bridgehead atoms. The van der Waals surface area contributed by atoms with Gasteiger partial charge in [0.1, 0.15) is 11.5 Å². The van der Waals surface area contributed by atoms with E-state index in [0.717, 1.165) is 30.5 Å². The van der Waals surface area contributed by atoms with Gasteiger partial charge in [-0.3, -0.25) is 24.2 Å². The van der Waals surface area contributed by atoms with E-state index in [1.54, 1.807) is 11.0 Å². The molecule has 3 aliphatic heterocycles. The van der Waals surface area contributed by atoms with Gasteiger partial charge in [-0.2, -0.15) is 13.2 Å². The van der Waals surface area contributed by atoms with Crippen molar-refractivity contribution in [2.45, 2.75) is 65.0 Å². The fourth-order valence-electron chi connectivity index (χ4n) is 8.77. The molecule has 2 saturated heterocycles. The average molecular weight is 802 g/mol. The predicted octanol–water partition coefficient (Wildman–Crippen LogP) is 4.72. The summed E-state index contributed by atoms with van der Waals surface area (Å²) in [5, 5.41) is 16.1. The first-order valence-corrected chi connectivity index (χ1v) is 19.3. The summed E-state index contributed by atoms with van der Waals surface area (Å²) in [6.07, 6.45) is 0.793. The highest BCUT2D eigenvalue weighted by Gasteiger charge is 2.41. The molecule has 2 amide bonds. The number of alkyl halides is 3. The molecule has 0 radical (unpaired) electrons. The minimum atomic E-state index is -4.85. The van der Waals surface area contributed by atoms with E-state index in [1.807, 2.05) is 13.0 Å². The monoisotopic (exact) mass is 801 g/mol. The number of pyridine rings is 1. The number of hydrogen-bond acceptors (Lipinski definition) is 10. The van der Waals surface area contributed by atoms with Gasteiger partial charge in [0.25, 0.3) is 11.5 Å². The van der Waals surface area contributed by atoms with Gasteiger partial charge in [-0.25, -0.2) is 9.97 Å². The summed E-state index contributed by atoms with van der Waals surface area (Å²) in [6, 6.07) is 5.67. The number of carbonyl (C=O) groups is 2. The Morgan fingerprint density at radius 1 is 1.12 bits per heavy atom. The van der Waals surface area contributed by atoms with Crippen LogP contribution in [-0.2, 0) is 48.7 Å². The molecule has 0 saturated carbocycles. The van der Waals surface area contributed by atoms with Crippen molar-refractivity contribution in [2.75, 3.05) is 59.8 Å². The molecule has 1 aliphatic carbocycles. The molecule has 1 aromatic carbocycles. The van der Waals surface area contributed by atoms with Crippen molar-refractivity contribution < 1.29 is 32.6 Å². The van der Waals surface area contributed by atoms with Gasteiger partial charge in [0, 0.05) is 80.7 Å². The van der Waals surface area contributed by atoms with Crippen molar-refractivity contribution in [1.29, 1.82) is 0 Å². The zero-order valence-electron chi connectivity index (χ0n) is 32.8. The van der Waals surface area contributed by atoms with E-state index in [2.05, 4.69) is 50.5 Å². The van der Waals surface area contributed by atoms with Gasteiger partial charge in [0.15, 0.2) is 5.82 Å². The van der Waals surface area contributed by atoms with Crippen LogP contribution in [0, 0.1) is 5.41 Å². The molecule has 1 atom stereocenters. The zero-order chi connectivity index (χ0) is 41.3. The number of aryl methyl sites for hydroxylation is 1. The Balaban J connectivity index is 1.14. The summed E-state index contributed by atoms with van der Waals surface area (Å²) >= 11 is 0. The van der Waals surface area contributed by atoms with Crippen LogP contribution >= 0.6 is 0 Å². The summed E-state index contributed by atoms with van der Waals surface area (Å²) in [5.74, 6) is -1.02. The number of nitrogens with zero attached hydrogens (tertiary/aromatic N) is 7. The molecule has 0 spiro atoms. The molecule has 58 heavy (non-hydrogen) atoms. The largest absolute Gasteiger partial charge is 0.418 e. The second-order valence-electron chi connectivity index (χ2n) is 16.3. The van der Waals surface area contributed by atoms with E-state index in [9.17, 15) is 19.5 Å². The molecule has 6 heterocycles. The quantitative estimate of drug-likeness (QED) is 0.203. The normalized spacial score (nSPS) is 19.4. The zero-order valence-corrected chi connectivity index (χ0v) is 32.8. The van der Waals surface area contributed by atoms with Crippen LogP contribution in [0.4, 0.5) is 41.9 Å². The topological polar surface area (TPSA) is 150 Å². The summed E-state index contributed by atoms with van der Waals surface area (Å²) in [7, 11) is 1.47. The van der Waals surface area contributed by atoms with Crippen LogP contribution in [0.3, 0.4) is 0 Å². The SMILES string of the molecule is C=CC(=O)Nc1cc(Nc2nc(-c3ccnc(N4CCn5c(cc6c5CC(C)(C)C6)C4=O)c3CO)cn(C)c2=O)cc(C(F)(F)F)c1N1CCN(C2COC2)CC1C. The maximum atomic E-state index is 15.0. The maximum Gasteiger partial charge on any atom is 0.418 e. The highest BCUT2D eigenvalue weighted by Crippen LogP contribution is 2.45. The lowest BCUT2D eigenvalue weighted by molar-refractivity contribution is -0.137. The minimum absolute atomic E-state index is 0.116. The number of anilines is 5. The lowest BCUT2D eigenvalue weighted by Crippen LogP contribution is -2.60. The third-order valence-corrected chi connectivity index (χ3v) is 11.6. The number of nitrogens with one attached hydrogen (secondary N) is 2. The number of aliphatic hydroxyl groups excluding tert-OH is 1. The van der Waals surface area contributed by atoms with Crippen LogP contribution in [-0.4, -0.2) is 92.4 Å². The smallest absolute Gasteiger partial charge is 0.392 e. The molecular weight excluding hydrogens is 756 g/mol. The average Bonchev–Trinajstić information content (AvgIpc) is 3.64. The van der Waals surface area contributed by atoms with E-state index < -0.39 is 29.8 Å². The molecular formula is C41H46F3N9O5. The molecule has 306 valence electrons. The number of aliphatic hydroxyl groups is 1. The molecule has 1 unspecified atom stereocenters. The second-order valence-corrected chi connectivity index (χ2v) is 16.3. The Hall–Kier alpha value is -5.52. The van der Waals surface area contributed by atoms with E-state index in [0.29, 0.717) is 56.2 Å². The Bertz CT molecular complexity index is 2390. The molecule has 4 aliphatic rings. The second kappa shape index (κ2) is 14.7. The summed E-state index contributed by atoms with van der Waals surface area (Å²) < 4.78 is 53.8. The van der Waals surface area contributed by atoms with Crippen molar-refractivity contribution in [3.8, 4) is 11.3 Å². The summed E-state index contributed by atoms with van der Waals surface area (Å²) in [4.78, 5) is 54.6. The first-order chi connectivity index (χ1) is 27.6. The number of ether oxygens (including phenoxy) is 1. The Morgan fingerprint density at radius 3 is 2.57 bits per heavy atom. The molecule has 2 fully saturated rings. The standard InChI is InChI=1S/C41H46F3N9O5/c1-6-34(55)47-30-15-25(14-29(41(42,43)44)35(30)51-10-9-50(18-23(51)2)26-21-58-22-26)46-36-39(57)49(5)19-31(48-36)27-7-8-45-37(28(27)20-54)53-12-11-52-32(38(53)56)13-24-16-40(3,4)17-33(24)52/h6-8,13-15,19,23,26,54H,1,9-12,16-18,20-22H2,2-5H3,(H,46,48)(H,47,55). The lowest BCUT2D eigenvalue weighted by atomic mass is 9.90. The number of amides is 2. The number of rotatable bonds is 9. The van der Waals surface area contributed by atoms with Crippen molar-refractivity contribution in [1.82, 2.24) is 24.0 Å². The third-order valence-electron chi connectivity index (χ3n) is 11.6. The molecule has 3 N–H and O–H groups in total. The van der Waals surface area contributed by atoms with Crippen LogP contribution in [0.1, 0.15) is 53.6 Å². The van der Waals surface area contributed by atoms with Crippen molar-refractivity contribution in [2.24, 2.45) is 12.5 Å². The van der Waals surface area contributed by atoms with E-state index in [-0.39, 0.29) is 64.3 Å². The van der Waals surface area contributed by atoms with Gasteiger partial charge in [-0.05, 0) is 61.1 Å². The van der Waals surface area contributed by atoms with Crippen molar-refractivity contribution in [3.05, 3.63) is 87.7 Å². The van der Waals surface area contributed by atoms with Crippen LogP contribution in [0.25, 0.3) is 11.3 Å². The highest BCUT2D eigenvalue weighted by molar-refractivity contribution is 6.06. The summed E-state index contributed by atoms with van der Waals surface area (Å²) in [6.45, 7) is 12.5. The first kappa shape index (κ1) is 39.3. The van der Waals surface area contributed by atoms with Crippen molar-refractivity contribution >= 4 is 40.5 Å². The van der Waals surface area contributed by atoms with Crippen LogP contribution < -0.4 is 26.0 Å². The number of aromatic nitrogens is 4. The lowest BCUT2D eigenvalue weighted by Gasteiger charge is -2.47. The van der Waals surface area contributed by atoms with Crippen molar-refractivity contribution in [3.63, 3.8) is 0 Å². The number of fused-ring (bicyclic) bond motifs is 3. The van der Waals surface area contributed by atoms with Gasteiger partial charge in [-0.15, -0.1) is 0 Å². The van der Waals surface area contributed by atoms with Crippen LogP contribution in [0.5, 0.6) is 0 Å². The summed E-state index contributed by atoms with van der Waals surface area (Å²) in [5.41, 5.74) is 1.76. The van der Waals surface area contributed by atoms with Crippen LogP contribution in [0.15, 0.2) is 54.1 Å². The van der Waals surface area contributed by atoms with Gasteiger partial charge >= 0.3 is 6.18 Å². The van der Waals surface area contributed by atoms with Gasteiger partial charge in [0.2, 0.25) is 5.91 Å². The van der Waals surface area contributed by atoms with E-state index >= 15 is 13.2 Å². The molecule has 3 aromatic heterocycles. The van der Waals surface area contributed by atoms with E-state index in [4.69, 9.17) is 4.74 Å². The van der Waals surface area contributed by atoms with Crippen LogP contribution in [0.2, 0.25) is 0 Å². The number of carbonyl (C=O) groups excluding carboxylic acids is 2. The minimum Gasteiger partial charge on any atom is -0.392 e. The fourth-order valence-corrected chi connectivity index (χ4v) is 8.77. The number of benzene rings is 1. The van der Waals surface area contributed by atoms with Gasteiger partial charge in [0.05, 0.1) is 48.5 Å². The Morgan fingerprint density at radius 2 is 1.90 bits per heavy atom. The Kier molecular flexibility index (Phi) is 9.96. The van der Waals surface area contributed by atoms with E-state index in [1.165, 1.54) is 40.7 Å². The van der Waals surface area contributed by atoms with Gasteiger partial charge in [-0.1, -0.05) is 20.4 Å². The molecule has 14 nitrogen and oxygen atoms in total. The predicted molar refractivity (Wildman–Crippen MR) is 212 cm³/mol. The highest BCUT2D eigenvalue weighted by atomic mass is 19.4. The Labute approximate surface area is 332 Å². The number of piperazine rings is 1. The first-order valence-electron chi connectivity index (χ1n) is 19.3. The number of hydrogen-bond donors (Lipinski definition) is 3. The maximum absolute atomic E-state index is 15.0. The number of halogens is 3. The molecule has 17 heteroatoms. The molecule has 4 aromatic rings. The third kappa shape index (κ3) is 7.04. The van der Waals surface area contributed by atoms with Gasteiger partial charge < -0.3 is 34.5 Å².